The summed E-state index contributed by atoms with van der Waals surface area (Å²) in [5.74, 6) is -0.783. The van der Waals surface area contributed by atoms with Gasteiger partial charge in [0.05, 0.1) is 22.1 Å². The van der Waals surface area contributed by atoms with E-state index in [1.807, 2.05) is 0 Å². The Kier molecular flexibility index (Phi) is 8.38. The Morgan fingerprint density at radius 2 is 1.76 bits per heavy atom. The first-order valence-electron chi connectivity index (χ1n) is 10.8. The van der Waals surface area contributed by atoms with Crippen molar-refractivity contribution >= 4 is 63.8 Å². The normalized spacial score (nSPS) is 14.3. The molecule has 1 fully saturated rings. The Labute approximate surface area is 226 Å². The summed E-state index contributed by atoms with van der Waals surface area (Å²) in [7, 11) is 1.53. The van der Waals surface area contributed by atoms with E-state index in [1.54, 1.807) is 42.5 Å². The largest absolute Gasteiger partial charge is 0.497 e. The fourth-order valence-corrected chi connectivity index (χ4v) is 4.82. The Morgan fingerprint density at radius 3 is 2.41 bits per heavy atom. The molecule has 1 saturated heterocycles. The van der Waals surface area contributed by atoms with E-state index in [2.05, 4.69) is 5.32 Å². The van der Waals surface area contributed by atoms with Crippen LogP contribution in [0.1, 0.15) is 11.1 Å². The van der Waals surface area contributed by atoms with Crippen LogP contribution in [0.3, 0.4) is 0 Å². The van der Waals surface area contributed by atoms with Crippen molar-refractivity contribution in [3.8, 4) is 11.5 Å². The van der Waals surface area contributed by atoms with Crippen molar-refractivity contribution in [2.75, 3.05) is 19.0 Å². The van der Waals surface area contributed by atoms with E-state index in [-0.39, 0.29) is 27.3 Å². The minimum Gasteiger partial charge on any atom is -0.497 e. The summed E-state index contributed by atoms with van der Waals surface area (Å²) in [6.45, 7) is -0.526. The topological polar surface area (TPSA) is 84.9 Å². The van der Waals surface area contributed by atoms with Gasteiger partial charge < -0.3 is 14.8 Å². The SMILES string of the molecule is COc1ccc(NC(=O)CN2C(=O)S/C(=C/c3cc(Cl)c(OCc4ccccc4F)c(Cl)c3)C2=O)cc1. The number of hydrogen-bond acceptors (Lipinski definition) is 6. The predicted octanol–water partition coefficient (Wildman–Crippen LogP) is 6.40. The van der Waals surface area contributed by atoms with E-state index in [0.29, 0.717) is 34.3 Å². The Morgan fingerprint density at radius 1 is 1.08 bits per heavy atom. The van der Waals surface area contributed by atoms with E-state index in [4.69, 9.17) is 32.7 Å². The van der Waals surface area contributed by atoms with Gasteiger partial charge in [-0.1, -0.05) is 41.4 Å². The maximum atomic E-state index is 13.9. The maximum Gasteiger partial charge on any atom is 0.294 e. The van der Waals surface area contributed by atoms with Gasteiger partial charge in [0.1, 0.15) is 24.7 Å². The quantitative estimate of drug-likeness (QED) is 0.321. The van der Waals surface area contributed by atoms with E-state index in [0.717, 1.165) is 4.90 Å². The van der Waals surface area contributed by atoms with E-state index in [1.165, 1.54) is 31.4 Å². The van der Waals surface area contributed by atoms with Crippen molar-refractivity contribution in [2.45, 2.75) is 6.61 Å². The number of imide groups is 1. The van der Waals surface area contributed by atoms with Gasteiger partial charge >= 0.3 is 0 Å². The highest BCUT2D eigenvalue weighted by atomic mass is 35.5. The van der Waals surface area contributed by atoms with Gasteiger partial charge in [-0.15, -0.1) is 0 Å². The summed E-state index contributed by atoms with van der Waals surface area (Å²) < 4.78 is 24.5. The van der Waals surface area contributed by atoms with Gasteiger partial charge in [-0.2, -0.15) is 0 Å². The molecule has 7 nitrogen and oxygen atoms in total. The molecule has 1 N–H and O–H groups in total. The highest BCUT2D eigenvalue weighted by Crippen LogP contribution is 2.38. The zero-order chi connectivity index (χ0) is 26.5. The lowest BCUT2D eigenvalue weighted by atomic mass is 10.2. The predicted molar refractivity (Wildman–Crippen MR) is 141 cm³/mol. The van der Waals surface area contributed by atoms with Crippen LogP contribution in [0.4, 0.5) is 14.9 Å². The van der Waals surface area contributed by atoms with Gasteiger partial charge in [-0.25, -0.2) is 4.39 Å². The van der Waals surface area contributed by atoms with Gasteiger partial charge in [0, 0.05) is 11.3 Å². The summed E-state index contributed by atoms with van der Waals surface area (Å²) in [4.78, 5) is 38.6. The monoisotopic (exact) mass is 560 g/mol. The molecule has 0 aromatic heterocycles. The molecule has 0 spiro atoms. The number of halogens is 3. The van der Waals surface area contributed by atoms with Crippen LogP contribution in [0.2, 0.25) is 10.0 Å². The Hall–Kier alpha value is -3.53. The molecular weight excluding hydrogens is 542 g/mol. The number of anilines is 1. The standard InChI is InChI=1S/C26H19Cl2FN2O5S/c1-35-18-8-6-17(7-9-18)30-23(32)13-31-25(33)22(37-26(31)34)12-15-10-19(27)24(20(28)11-15)36-14-16-4-2-3-5-21(16)29/h2-12H,13-14H2,1H3,(H,30,32)/b22-12+. The van der Waals surface area contributed by atoms with Crippen LogP contribution >= 0.6 is 35.0 Å². The second-order valence-electron chi connectivity index (χ2n) is 7.74. The molecule has 4 rings (SSSR count). The molecule has 0 saturated carbocycles. The first-order valence-corrected chi connectivity index (χ1v) is 12.4. The summed E-state index contributed by atoms with van der Waals surface area (Å²) >= 11 is 13.3. The number of carbonyl (C=O) groups excluding carboxylic acids is 3. The zero-order valence-electron chi connectivity index (χ0n) is 19.3. The number of rotatable bonds is 8. The number of amides is 3. The minimum absolute atomic E-state index is 0.0804. The summed E-state index contributed by atoms with van der Waals surface area (Å²) in [5.41, 5.74) is 1.28. The molecule has 0 bridgehead atoms. The molecule has 3 amide bonds. The van der Waals surface area contributed by atoms with Crippen molar-refractivity contribution in [2.24, 2.45) is 0 Å². The van der Waals surface area contributed by atoms with E-state index in [9.17, 15) is 18.8 Å². The van der Waals surface area contributed by atoms with Crippen LogP contribution in [-0.4, -0.2) is 35.6 Å². The molecule has 190 valence electrons. The summed E-state index contributed by atoms with van der Waals surface area (Å²) in [6.07, 6.45) is 1.45. The number of carbonyl (C=O) groups is 3. The number of nitrogens with zero attached hydrogens (tertiary/aromatic N) is 1. The van der Waals surface area contributed by atoms with Crippen LogP contribution in [0.25, 0.3) is 6.08 Å². The van der Waals surface area contributed by atoms with Gasteiger partial charge in [0.15, 0.2) is 5.75 Å². The third-order valence-corrected chi connectivity index (χ3v) is 6.67. The highest BCUT2D eigenvalue weighted by molar-refractivity contribution is 8.18. The number of hydrogen-bond donors (Lipinski definition) is 1. The van der Waals surface area contributed by atoms with Crippen LogP contribution in [0.15, 0.2) is 65.6 Å². The molecule has 3 aromatic rings. The van der Waals surface area contributed by atoms with Crippen molar-refractivity contribution in [1.82, 2.24) is 4.90 Å². The van der Waals surface area contributed by atoms with Gasteiger partial charge in [0.2, 0.25) is 5.91 Å². The number of methoxy groups -OCH3 is 1. The zero-order valence-corrected chi connectivity index (χ0v) is 21.6. The fourth-order valence-electron chi connectivity index (χ4n) is 3.37. The number of benzene rings is 3. The Balaban J connectivity index is 1.43. The molecule has 1 heterocycles. The third kappa shape index (κ3) is 6.43. The van der Waals surface area contributed by atoms with Crippen molar-refractivity contribution in [3.05, 3.63) is 92.6 Å². The minimum atomic E-state index is -0.619. The highest BCUT2D eigenvalue weighted by Gasteiger charge is 2.36. The molecule has 37 heavy (non-hydrogen) atoms. The molecule has 3 aromatic carbocycles. The van der Waals surface area contributed by atoms with Gasteiger partial charge in [0.25, 0.3) is 11.1 Å². The number of ether oxygens (including phenoxy) is 2. The molecule has 0 aliphatic carbocycles. The number of nitrogens with one attached hydrogen (secondary N) is 1. The average molecular weight is 561 g/mol. The fraction of sp³-hybridized carbons (Fsp3) is 0.115. The molecule has 0 radical (unpaired) electrons. The van der Waals surface area contributed by atoms with E-state index >= 15 is 0 Å². The molecule has 1 aliphatic rings. The maximum absolute atomic E-state index is 13.9. The van der Waals surface area contributed by atoms with Gasteiger partial charge in [-0.05, 0) is 65.9 Å². The van der Waals surface area contributed by atoms with Crippen LogP contribution < -0.4 is 14.8 Å². The summed E-state index contributed by atoms with van der Waals surface area (Å²) in [5, 5.41) is 2.35. The second-order valence-corrected chi connectivity index (χ2v) is 9.55. The van der Waals surface area contributed by atoms with Crippen molar-refractivity contribution < 1.29 is 28.2 Å². The first-order chi connectivity index (χ1) is 17.7. The molecular formula is C26H19Cl2FN2O5S. The second kappa shape index (κ2) is 11.7. The third-order valence-electron chi connectivity index (χ3n) is 5.20. The smallest absolute Gasteiger partial charge is 0.294 e. The van der Waals surface area contributed by atoms with Gasteiger partial charge in [-0.3, -0.25) is 19.3 Å². The van der Waals surface area contributed by atoms with Crippen molar-refractivity contribution in [1.29, 1.82) is 0 Å². The lowest BCUT2D eigenvalue weighted by Gasteiger charge is -2.13. The average Bonchev–Trinajstić information content (AvgIpc) is 3.12. The number of thioether (sulfide) groups is 1. The van der Waals surface area contributed by atoms with Crippen LogP contribution in [0.5, 0.6) is 11.5 Å². The lowest BCUT2D eigenvalue weighted by molar-refractivity contribution is -0.127. The molecule has 1 aliphatic heterocycles. The summed E-state index contributed by atoms with van der Waals surface area (Å²) in [6, 6.07) is 15.8. The first kappa shape index (κ1) is 26.5. The lowest BCUT2D eigenvalue weighted by Crippen LogP contribution is -2.36. The molecule has 0 atom stereocenters. The Bertz CT molecular complexity index is 1370. The van der Waals surface area contributed by atoms with Crippen LogP contribution in [0, 0.1) is 5.82 Å². The van der Waals surface area contributed by atoms with Crippen molar-refractivity contribution in [3.63, 3.8) is 0 Å². The van der Waals surface area contributed by atoms with Crippen LogP contribution in [-0.2, 0) is 16.2 Å². The van der Waals surface area contributed by atoms with E-state index < -0.39 is 29.4 Å². The molecule has 11 heteroatoms. The molecule has 0 unspecified atom stereocenters.